The number of hydrogen-bond acceptors (Lipinski definition) is 3. The third-order valence-corrected chi connectivity index (χ3v) is 4.04. The Morgan fingerprint density at radius 3 is 2.50 bits per heavy atom. The first-order valence-electron chi connectivity index (χ1n) is 5.75. The van der Waals surface area contributed by atoms with Crippen molar-refractivity contribution in [2.24, 2.45) is 5.92 Å². The molecule has 0 bridgehead atoms. The number of rotatable bonds is 2. The monoisotopic (exact) mass is 287 g/mol. The molecule has 0 aromatic heterocycles. The number of carbonyl (C=O) groups is 1. The summed E-state index contributed by atoms with van der Waals surface area (Å²) < 4.78 is 4.86. The largest absolute Gasteiger partial charge is 0.469 e. The highest BCUT2D eigenvalue weighted by molar-refractivity contribution is 6.36. The predicted molar refractivity (Wildman–Crippen MR) is 72.2 cm³/mol. The molecule has 0 N–H and O–H groups in total. The summed E-state index contributed by atoms with van der Waals surface area (Å²) in [7, 11) is 3.38. The molecule has 0 radical (unpaired) electrons. The lowest BCUT2D eigenvalue weighted by Gasteiger charge is -2.19. The predicted octanol–water partition coefficient (Wildman–Crippen LogP) is 2.81. The topological polar surface area (TPSA) is 29.5 Å². The van der Waals surface area contributed by atoms with Crippen LogP contribution in [0.3, 0.4) is 0 Å². The van der Waals surface area contributed by atoms with Crippen molar-refractivity contribution in [3.05, 3.63) is 33.8 Å². The van der Waals surface area contributed by atoms with Crippen LogP contribution in [0.25, 0.3) is 0 Å². The second-order valence-corrected chi connectivity index (χ2v) is 5.41. The lowest BCUT2D eigenvalue weighted by molar-refractivity contribution is -0.145. The Hall–Kier alpha value is -0.770. The van der Waals surface area contributed by atoms with Gasteiger partial charge in [0.1, 0.15) is 0 Å². The molecule has 1 fully saturated rings. The van der Waals surface area contributed by atoms with E-state index >= 15 is 0 Å². The third kappa shape index (κ3) is 2.48. The van der Waals surface area contributed by atoms with E-state index in [0.29, 0.717) is 16.6 Å². The first-order valence-corrected chi connectivity index (χ1v) is 6.50. The van der Waals surface area contributed by atoms with Gasteiger partial charge in [-0.25, -0.2) is 0 Å². The molecule has 2 unspecified atom stereocenters. The van der Waals surface area contributed by atoms with E-state index in [1.807, 2.05) is 7.05 Å². The van der Waals surface area contributed by atoms with Gasteiger partial charge in [-0.15, -0.1) is 0 Å². The Balaban J connectivity index is 2.39. The summed E-state index contributed by atoms with van der Waals surface area (Å²) in [4.78, 5) is 13.9. The van der Waals surface area contributed by atoms with Gasteiger partial charge in [0.05, 0.1) is 13.0 Å². The summed E-state index contributed by atoms with van der Waals surface area (Å²) >= 11 is 12.4. The van der Waals surface area contributed by atoms with Gasteiger partial charge in [-0.3, -0.25) is 4.79 Å². The fraction of sp³-hybridized carbons (Fsp3) is 0.462. The van der Waals surface area contributed by atoms with Crippen LogP contribution in [0.15, 0.2) is 18.2 Å². The molecule has 2 rings (SSSR count). The van der Waals surface area contributed by atoms with Crippen LogP contribution in [0, 0.1) is 5.92 Å². The molecule has 5 heteroatoms. The van der Waals surface area contributed by atoms with Crippen molar-refractivity contribution in [2.75, 3.05) is 27.2 Å². The van der Waals surface area contributed by atoms with Crippen molar-refractivity contribution < 1.29 is 9.53 Å². The Kier molecular flexibility index (Phi) is 4.15. The zero-order chi connectivity index (χ0) is 13.3. The third-order valence-electron chi connectivity index (χ3n) is 3.38. The van der Waals surface area contributed by atoms with Crippen molar-refractivity contribution in [3.8, 4) is 0 Å². The molecule has 1 aromatic carbocycles. The second-order valence-electron chi connectivity index (χ2n) is 4.59. The van der Waals surface area contributed by atoms with Gasteiger partial charge in [0.2, 0.25) is 0 Å². The van der Waals surface area contributed by atoms with Crippen molar-refractivity contribution >= 4 is 29.2 Å². The average molecular weight is 288 g/mol. The molecule has 98 valence electrons. The summed E-state index contributed by atoms with van der Waals surface area (Å²) in [5.74, 6) is -0.429. The molecule has 1 aliphatic heterocycles. The highest BCUT2D eigenvalue weighted by atomic mass is 35.5. The number of likely N-dealkylation sites (tertiary alicyclic amines) is 1. The number of halogens is 2. The van der Waals surface area contributed by atoms with E-state index in [4.69, 9.17) is 27.9 Å². The van der Waals surface area contributed by atoms with E-state index in [0.717, 1.165) is 12.1 Å². The Morgan fingerprint density at radius 2 is 1.94 bits per heavy atom. The van der Waals surface area contributed by atoms with E-state index < -0.39 is 0 Å². The minimum Gasteiger partial charge on any atom is -0.469 e. The van der Waals surface area contributed by atoms with Crippen molar-refractivity contribution in [1.82, 2.24) is 4.90 Å². The maximum atomic E-state index is 11.8. The van der Waals surface area contributed by atoms with Gasteiger partial charge in [0, 0.05) is 29.1 Å². The molecule has 1 saturated heterocycles. The zero-order valence-corrected chi connectivity index (χ0v) is 11.8. The number of carbonyl (C=O) groups excluding carboxylic acids is 1. The molecule has 1 aromatic rings. The maximum Gasteiger partial charge on any atom is 0.310 e. The fourth-order valence-electron chi connectivity index (χ4n) is 2.55. The van der Waals surface area contributed by atoms with Gasteiger partial charge in [0.25, 0.3) is 0 Å². The van der Waals surface area contributed by atoms with Crippen LogP contribution in [0.2, 0.25) is 10.0 Å². The minimum atomic E-state index is -0.211. The van der Waals surface area contributed by atoms with Gasteiger partial charge in [-0.1, -0.05) is 29.3 Å². The van der Waals surface area contributed by atoms with Crippen molar-refractivity contribution in [1.29, 1.82) is 0 Å². The molecule has 0 amide bonds. The lowest BCUT2D eigenvalue weighted by Crippen LogP contribution is -2.23. The smallest absolute Gasteiger partial charge is 0.310 e. The average Bonchev–Trinajstić information content (AvgIpc) is 2.70. The summed E-state index contributed by atoms with van der Waals surface area (Å²) in [5.41, 5.74) is 0.848. The van der Waals surface area contributed by atoms with Crippen LogP contribution in [-0.4, -0.2) is 38.1 Å². The molecule has 0 spiro atoms. The van der Waals surface area contributed by atoms with Gasteiger partial charge >= 0.3 is 5.97 Å². The molecular formula is C13H15Cl2NO2. The maximum absolute atomic E-state index is 11.8. The van der Waals surface area contributed by atoms with E-state index in [1.54, 1.807) is 18.2 Å². The molecular weight excluding hydrogens is 273 g/mol. The number of esters is 1. The molecule has 3 nitrogen and oxygen atoms in total. The number of likely N-dealkylation sites (N-methyl/N-ethyl adjacent to an activating group) is 1. The highest BCUT2D eigenvalue weighted by Crippen LogP contribution is 2.40. The number of ether oxygens (including phenoxy) is 1. The van der Waals surface area contributed by atoms with Crippen LogP contribution in [0.5, 0.6) is 0 Å². The number of nitrogens with zero attached hydrogens (tertiary/aromatic N) is 1. The quantitative estimate of drug-likeness (QED) is 0.784. The Labute approximate surface area is 117 Å². The first-order chi connectivity index (χ1) is 8.54. The van der Waals surface area contributed by atoms with Crippen LogP contribution in [0.1, 0.15) is 11.5 Å². The Bertz CT molecular complexity index is 444. The zero-order valence-electron chi connectivity index (χ0n) is 10.3. The van der Waals surface area contributed by atoms with E-state index in [9.17, 15) is 4.79 Å². The number of benzene rings is 1. The van der Waals surface area contributed by atoms with Gasteiger partial charge in [-0.05, 0) is 24.7 Å². The summed E-state index contributed by atoms with van der Waals surface area (Å²) in [6, 6.07) is 5.41. The SMILES string of the molecule is COC(=O)C1CN(C)CC1c1c(Cl)cccc1Cl. The standard InChI is InChI=1S/C13H15Cl2NO2/c1-16-6-8(9(7-16)13(17)18-2)12-10(14)4-3-5-11(12)15/h3-5,8-9H,6-7H2,1-2H3. The molecule has 2 atom stereocenters. The van der Waals surface area contributed by atoms with Crippen LogP contribution in [-0.2, 0) is 9.53 Å². The van der Waals surface area contributed by atoms with Crippen LogP contribution >= 0.6 is 23.2 Å². The molecule has 1 aliphatic rings. The van der Waals surface area contributed by atoms with Crippen LogP contribution < -0.4 is 0 Å². The van der Waals surface area contributed by atoms with Gasteiger partial charge < -0.3 is 9.64 Å². The molecule has 18 heavy (non-hydrogen) atoms. The lowest BCUT2D eigenvalue weighted by atomic mass is 9.89. The summed E-state index contributed by atoms with van der Waals surface area (Å²) in [6.45, 7) is 1.42. The number of hydrogen-bond donors (Lipinski definition) is 0. The van der Waals surface area contributed by atoms with Crippen molar-refractivity contribution in [3.63, 3.8) is 0 Å². The number of methoxy groups -OCH3 is 1. The highest BCUT2D eigenvalue weighted by Gasteiger charge is 2.39. The van der Waals surface area contributed by atoms with E-state index in [-0.39, 0.29) is 17.8 Å². The minimum absolute atomic E-state index is 0.0105. The van der Waals surface area contributed by atoms with Crippen molar-refractivity contribution in [2.45, 2.75) is 5.92 Å². The molecule has 0 saturated carbocycles. The van der Waals surface area contributed by atoms with Gasteiger partial charge in [0.15, 0.2) is 0 Å². The van der Waals surface area contributed by atoms with E-state index in [1.165, 1.54) is 7.11 Å². The summed E-state index contributed by atoms with van der Waals surface area (Å²) in [6.07, 6.45) is 0. The van der Waals surface area contributed by atoms with Crippen LogP contribution in [0.4, 0.5) is 0 Å². The Morgan fingerprint density at radius 1 is 1.33 bits per heavy atom. The molecule has 1 heterocycles. The molecule has 0 aliphatic carbocycles. The van der Waals surface area contributed by atoms with E-state index in [2.05, 4.69) is 4.90 Å². The summed E-state index contributed by atoms with van der Waals surface area (Å²) in [5, 5.41) is 1.22. The second kappa shape index (κ2) is 5.47. The normalized spacial score (nSPS) is 24.2. The first kappa shape index (κ1) is 13.7. The fourth-order valence-corrected chi connectivity index (χ4v) is 3.23. The van der Waals surface area contributed by atoms with Gasteiger partial charge in [-0.2, -0.15) is 0 Å².